The topological polar surface area (TPSA) is 20.3 Å². The predicted octanol–water partition coefficient (Wildman–Crippen LogP) is 3.85. The van der Waals surface area contributed by atoms with E-state index < -0.39 is 5.82 Å². The van der Waals surface area contributed by atoms with Crippen molar-refractivity contribution in [1.82, 2.24) is 4.90 Å². The molecule has 98 valence electrons. The van der Waals surface area contributed by atoms with Crippen LogP contribution < -0.4 is 0 Å². The number of carbonyl (C=O) groups excluding carboxylic acids is 1. The van der Waals surface area contributed by atoms with Crippen LogP contribution in [0.15, 0.2) is 22.7 Å². The van der Waals surface area contributed by atoms with E-state index in [2.05, 4.69) is 15.9 Å². The van der Waals surface area contributed by atoms with E-state index in [9.17, 15) is 9.18 Å². The Morgan fingerprint density at radius 2 is 2.11 bits per heavy atom. The van der Waals surface area contributed by atoms with Gasteiger partial charge in [-0.15, -0.1) is 0 Å². The summed E-state index contributed by atoms with van der Waals surface area (Å²) in [5.74, 6) is -0.129. The highest BCUT2D eigenvalue weighted by Gasteiger charge is 2.22. The second-order valence-corrected chi connectivity index (χ2v) is 5.79. The van der Waals surface area contributed by atoms with Crippen molar-refractivity contribution in [2.45, 2.75) is 25.7 Å². The molecule has 1 aromatic carbocycles. The zero-order valence-electron chi connectivity index (χ0n) is 10.5. The quantitative estimate of drug-likeness (QED) is 0.830. The molecular formula is C14H17BrFNO. The van der Waals surface area contributed by atoms with Crippen LogP contribution >= 0.6 is 15.9 Å². The molecule has 0 radical (unpaired) electrons. The van der Waals surface area contributed by atoms with E-state index >= 15 is 0 Å². The number of hydrogen-bond acceptors (Lipinski definition) is 1. The Bertz CT molecular complexity index is 443. The Hall–Kier alpha value is -0.900. The van der Waals surface area contributed by atoms with Gasteiger partial charge in [0.15, 0.2) is 0 Å². The van der Waals surface area contributed by atoms with E-state index in [0.29, 0.717) is 10.4 Å². The van der Waals surface area contributed by atoms with Crippen molar-refractivity contribution < 1.29 is 9.18 Å². The van der Waals surface area contributed by atoms with Crippen molar-refractivity contribution in [3.63, 3.8) is 0 Å². The van der Waals surface area contributed by atoms with Gasteiger partial charge in [0, 0.05) is 13.6 Å². The molecule has 0 bridgehead atoms. The molecule has 1 saturated carbocycles. The molecule has 18 heavy (non-hydrogen) atoms. The average molecular weight is 314 g/mol. The van der Waals surface area contributed by atoms with E-state index in [0.717, 1.165) is 6.54 Å². The summed E-state index contributed by atoms with van der Waals surface area (Å²) in [6.07, 6.45) is 4.85. The number of nitrogens with zero attached hydrogens (tertiary/aromatic N) is 1. The Labute approximate surface area is 115 Å². The summed E-state index contributed by atoms with van der Waals surface area (Å²) in [6, 6.07) is 4.82. The molecule has 2 rings (SSSR count). The largest absolute Gasteiger partial charge is 0.341 e. The van der Waals surface area contributed by atoms with Gasteiger partial charge >= 0.3 is 0 Å². The third-order valence-electron chi connectivity index (χ3n) is 3.54. The first kappa shape index (κ1) is 13.5. The molecule has 0 aromatic heterocycles. The highest BCUT2D eigenvalue weighted by molar-refractivity contribution is 9.10. The van der Waals surface area contributed by atoms with Gasteiger partial charge in [0.1, 0.15) is 5.82 Å². The number of amides is 1. The second-order valence-electron chi connectivity index (χ2n) is 4.94. The minimum atomic E-state index is -0.472. The van der Waals surface area contributed by atoms with Gasteiger partial charge in [-0.1, -0.05) is 18.9 Å². The van der Waals surface area contributed by atoms with Gasteiger partial charge in [-0.25, -0.2) is 4.39 Å². The Morgan fingerprint density at radius 1 is 1.44 bits per heavy atom. The summed E-state index contributed by atoms with van der Waals surface area (Å²) >= 11 is 3.11. The molecule has 0 aliphatic heterocycles. The van der Waals surface area contributed by atoms with Gasteiger partial charge in [0.25, 0.3) is 5.91 Å². The van der Waals surface area contributed by atoms with E-state index in [1.165, 1.54) is 31.7 Å². The highest BCUT2D eigenvalue weighted by atomic mass is 79.9. The molecule has 0 saturated heterocycles. The molecule has 0 unspecified atom stereocenters. The molecule has 1 fully saturated rings. The van der Waals surface area contributed by atoms with Crippen LogP contribution in [-0.4, -0.2) is 24.4 Å². The fourth-order valence-electron chi connectivity index (χ4n) is 2.54. The summed E-state index contributed by atoms with van der Waals surface area (Å²) in [5.41, 5.74) is 0.143. The standard InChI is InChI=1S/C14H17BrFNO/c1-17(9-10-5-2-3-6-10)14(18)11-7-4-8-12(15)13(11)16/h4,7-8,10H,2-3,5-6,9H2,1H3. The summed E-state index contributed by atoms with van der Waals surface area (Å²) in [4.78, 5) is 13.8. The smallest absolute Gasteiger partial charge is 0.256 e. The Balaban J connectivity index is 2.07. The van der Waals surface area contributed by atoms with Crippen LogP contribution in [0.25, 0.3) is 0 Å². The first-order chi connectivity index (χ1) is 8.59. The maximum absolute atomic E-state index is 13.8. The molecule has 0 atom stereocenters. The molecule has 1 aromatic rings. The van der Waals surface area contributed by atoms with Crippen LogP contribution in [0.5, 0.6) is 0 Å². The Kier molecular flexibility index (Phi) is 4.38. The summed E-state index contributed by atoms with van der Waals surface area (Å²) < 4.78 is 14.2. The summed E-state index contributed by atoms with van der Waals surface area (Å²) in [7, 11) is 1.75. The SMILES string of the molecule is CN(CC1CCCC1)C(=O)c1cccc(Br)c1F. The summed E-state index contributed by atoms with van der Waals surface area (Å²) in [6.45, 7) is 0.727. The minimum absolute atomic E-state index is 0.143. The first-order valence-corrected chi connectivity index (χ1v) is 7.08. The van der Waals surface area contributed by atoms with E-state index in [1.807, 2.05) is 0 Å². The van der Waals surface area contributed by atoms with Crippen LogP contribution in [-0.2, 0) is 0 Å². The fourth-order valence-corrected chi connectivity index (χ4v) is 2.90. The molecule has 1 aliphatic carbocycles. The van der Waals surface area contributed by atoms with Crippen molar-refractivity contribution in [3.8, 4) is 0 Å². The molecular weight excluding hydrogens is 297 g/mol. The normalized spacial score (nSPS) is 15.9. The van der Waals surface area contributed by atoms with Crippen molar-refractivity contribution >= 4 is 21.8 Å². The fraction of sp³-hybridized carbons (Fsp3) is 0.500. The van der Waals surface area contributed by atoms with Crippen molar-refractivity contribution in [1.29, 1.82) is 0 Å². The second kappa shape index (κ2) is 5.83. The van der Waals surface area contributed by atoms with Gasteiger partial charge in [-0.3, -0.25) is 4.79 Å². The Morgan fingerprint density at radius 3 is 2.78 bits per heavy atom. The lowest BCUT2D eigenvalue weighted by Crippen LogP contribution is -2.31. The average Bonchev–Trinajstić information content (AvgIpc) is 2.84. The third-order valence-corrected chi connectivity index (χ3v) is 4.15. The van der Waals surface area contributed by atoms with Crippen molar-refractivity contribution in [3.05, 3.63) is 34.1 Å². The van der Waals surface area contributed by atoms with Crippen LogP contribution in [0.1, 0.15) is 36.0 Å². The molecule has 2 nitrogen and oxygen atoms in total. The van der Waals surface area contributed by atoms with Gasteiger partial charge in [-0.2, -0.15) is 0 Å². The predicted molar refractivity (Wildman–Crippen MR) is 73.0 cm³/mol. The molecule has 1 aliphatic rings. The van der Waals surface area contributed by atoms with Gasteiger partial charge < -0.3 is 4.90 Å². The lowest BCUT2D eigenvalue weighted by Gasteiger charge is -2.21. The number of halogens is 2. The van der Waals surface area contributed by atoms with Crippen LogP contribution in [0, 0.1) is 11.7 Å². The zero-order chi connectivity index (χ0) is 13.1. The van der Waals surface area contributed by atoms with Gasteiger partial charge in [0.05, 0.1) is 10.0 Å². The lowest BCUT2D eigenvalue weighted by molar-refractivity contribution is 0.0768. The van der Waals surface area contributed by atoms with Crippen LogP contribution in [0.4, 0.5) is 4.39 Å². The number of carbonyl (C=O) groups is 1. The van der Waals surface area contributed by atoms with E-state index in [4.69, 9.17) is 0 Å². The zero-order valence-corrected chi connectivity index (χ0v) is 12.0. The monoisotopic (exact) mass is 313 g/mol. The number of rotatable bonds is 3. The van der Waals surface area contributed by atoms with Crippen molar-refractivity contribution in [2.24, 2.45) is 5.92 Å². The van der Waals surface area contributed by atoms with E-state index in [1.54, 1.807) is 24.1 Å². The van der Waals surface area contributed by atoms with Crippen LogP contribution in [0.3, 0.4) is 0 Å². The van der Waals surface area contributed by atoms with Gasteiger partial charge in [0.2, 0.25) is 0 Å². The van der Waals surface area contributed by atoms with E-state index in [-0.39, 0.29) is 11.5 Å². The highest BCUT2D eigenvalue weighted by Crippen LogP contribution is 2.26. The molecule has 4 heteroatoms. The minimum Gasteiger partial charge on any atom is -0.341 e. The van der Waals surface area contributed by atoms with Crippen molar-refractivity contribution in [2.75, 3.05) is 13.6 Å². The van der Waals surface area contributed by atoms with Gasteiger partial charge in [-0.05, 0) is 46.8 Å². The molecule has 0 N–H and O–H groups in total. The van der Waals surface area contributed by atoms with Crippen LogP contribution in [0.2, 0.25) is 0 Å². The molecule has 1 amide bonds. The summed E-state index contributed by atoms with van der Waals surface area (Å²) in [5, 5.41) is 0. The number of hydrogen-bond donors (Lipinski definition) is 0. The maximum Gasteiger partial charge on any atom is 0.256 e. The third kappa shape index (κ3) is 2.91. The molecule has 0 spiro atoms. The maximum atomic E-state index is 13.8. The number of benzene rings is 1. The molecule has 0 heterocycles. The lowest BCUT2D eigenvalue weighted by atomic mass is 10.1. The first-order valence-electron chi connectivity index (χ1n) is 6.29.